The quantitative estimate of drug-likeness (QED) is 0.0234. The molecule has 0 aromatic heterocycles. The number of ether oxygens (including phenoxy) is 26. The topological polar surface area (TPSA) is 286 Å². The minimum atomic E-state index is -1.80. The Labute approximate surface area is 581 Å². The summed E-state index contributed by atoms with van der Waals surface area (Å²) in [5.74, 6) is -9.52. The van der Waals surface area contributed by atoms with Crippen molar-refractivity contribution >= 4 is 12.1 Å². The number of hydrogen-bond donors (Lipinski definition) is 1. The predicted octanol–water partition coefficient (Wildman–Crippen LogP) is 4.55. The van der Waals surface area contributed by atoms with Gasteiger partial charge in [-0.2, -0.15) is 8.78 Å². The Morgan fingerprint density at radius 2 is 0.525 bits per heavy atom. The molecule has 0 heterocycles. The van der Waals surface area contributed by atoms with Crippen molar-refractivity contribution in [2.24, 2.45) is 0 Å². The number of rotatable bonds is 77. The van der Waals surface area contributed by atoms with Crippen LogP contribution in [0.3, 0.4) is 0 Å². The van der Waals surface area contributed by atoms with Gasteiger partial charge in [0.2, 0.25) is 17.4 Å². The van der Waals surface area contributed by atoms with Gasteiger partial charge in [-0.15, -0.1) is 0 Å². The maximum atomic E-state index is 13.6. The van der Waals surface area contributed by atoms with Crippen LogP contribution >= 0.6 is 0 Å². The lowest BCUT2D eigenvalue weighted by Gasteiger charge is -2.18. The van der Waals surface area contributed by atoms with Gasteiger partial charge in [0.25, 0.3) is 0 Å². The molecule has 29 nitrogen and oxygen atoms in total. The van der Waals surface area contributed by atoms with E-state index in [1.807, 2.05) is 0 Å². The van der Waals surface area contributed by atoms with Crippen molar-refractivity contribution in [2.45, 2.75) is 44.6 Å². The van der Waals surface area contributed by atoms with Gasteiger partial charge in [0.1, 0.15) is 6.10 Å². The molecule has 1 N–H and O–H groups in total. The lowest BCUT2D eigenvalue weighted by Crippen LogP contribution is -2.31. The van der Waals surface area contributed by atoms with Gasteiger partial charge in [0.05, 0.1) is 324 Å². The maximum absolute atomic E-state index is 13.6. The van der Waals surface area contributed by atoms with Crippen LogP contribution in [0.25, 0.3) is 0 Å². The fourth-order valence-corrected chi connectivity index (χ4v) is 7.78. The number of carbonyl (C=O) groups is 2. The highest BCUT2D eigenvalue weighted by Crippen LogP contribution is 2.27. The van der Waals surface area contributed by atoms with E-state index in [9.17, 15) is 27.2 Å². The Morgan fingerprint density at radius 3 is 0.778 bits per heavy atom. The molecular formula is C66H115F4NO28. The van der Waals surface area contributed by atoms with Gasteiger partial charge in [-0.1, -0.05) is 12.2 Å². The molecule has 0 saturated carbocycles. The molecule has 1 unspecified atom stereocenters. The normalized spacial score (nSPS) is 13.4. The summed E-state index contributed by atoms with van der Waals surface area (Å²) < 4.78 is 195. The van der Waals surface area contributed by atoms with E-state index in [0.29, 0.717) is 304 Å². The van der Waals surface area contributed by atoms with Crippen molar-refractivity contribution in [1.29, 1.82) is 0 Å². The zero-order valence-electron chi connectivity index (χ0n) is 58.1. The van der Waals surface area contributed by atoms with Gasteiger partial charge in [-0.05, 0) is 32.1 Å². The van der Waals surface area contributed by atoms with Gasteiger partial charge in [0.15, 0.2) is 11.6 Å². The molecule has 1 aromatic rings. The van der Waals surface area contributed by atoms with E-state index in [0.717, 1.165) is 32.1 Å². The molecule has 1 aliphatic rings. The fraction of sp³-hybridized carbons (Fsp3) is 0.848. The van der Waals surface area contributed by atoms with Crippen molar-refractivity contribution in [3.05, 3.63) is 41.5 Å². The molecule has 0 saturated heterocycles. The lowest BCUT2D eigenvalue weighted by atomic mass is 10.0. The van der Waals surface area contributed by atoms with E-state index >= 15 is 0 Å². The first-order valence-electron chi connectivity index (χ1n) is 34.4. The van der Waals surface area contributed by atoms with E-state index in [4.69, 9.17) is 118 Å². The van der Waals surface area contributed by atoms with Crippen LogP contribution in [0.15, 0.2) is 18.2 Å². The van der Waals surface area contributed by atoms with Crippen molar-refractivity contribution in [3.63, 3.8) is 0 Å². The molecule has 1 amide bonds. The third kappa shape index (κ3) is 63.8. The minimum Gasteiger partial charge on any atom is -0.446 e. The van der Waals surface area contributed by atoms with Gasteiger partial charge < -0.3 is 128 Å². The number of halogens is 4. The zero-order chi connectivity index (χ0) is 70.7. The molecule has 0 bridgehead atoms. The summed E-state index contributed by atoms with van der Waals surface area (Å²) in [5.41, 5.74) is 0. The lowest BCUT2D eigenvalue weighted by molar-refractivity contribution is -0.136. The zero-order valence-corrected chi connectivity index (χ0v) is 58.1. The Balaban J connectivity index is 1.10. The molecule has 0 aliphatic heterocycles. The maximum Gasteiger partial charge on any atom is 0.407 e. The average Bonchev–Trinajstić information content (AvgIpc) is 0.830. The molecule has 1 aliphatic carbocycles. The summed E-state index contributed by atoms with van der Waals surface area (Å²) in [7, 11) is 0. The average molecular weight is 1450 g/mol. The highest BCUT2D eigenvalue weighted by molar-refractivity contribution is 5.72. The molecule has 0 spiro atoms. The van der Waals surface area contributed by atoms with Crippen molar-refractivity contribution in [3.8, 4) is 5.75 Å². The van der Waals surface area contributed by atoms with E-state index in [1.54, 1.807) is 0 Å². The summed E-state index contributed by atoms with van der Waals surface area (Å²) in [6.45, 7) is 20.6. The van der Waals surface area contributed by atoms with Crippen LogP contribution in [0.4, 0.5) is 22.4 Å². The highest BCUT2D eigenvalue weighted by Gasteiger charge is 2.23. The van der Waals surface area contributed by atoms with Crippen LogP contribution in [0.2, 0.25) is 0 Å². The van der Waals surface area contributed by atoms with Gasteiger partial charge in [-0.3, -0.25) is 4.79 Å². The molecule has 99 heavy (non-hydrogen) atoms. The van der Waals surface area contributed by atoms with E-state index in [2.05, 4.69) is 22.2 Å². The standard InChI is InChI=1S/C66H115F4NO28/c67-60-58-61(68)64(70)65(63(60)69)99-62(72)8-10-74-12-14-76-16-18-78-20-22-80-24-26-82-28-30-84-32-34-86-36-38-88-40-42-90-44-46-92-48-50-94-52-54-96-56-57-97-55-53-95-51-49-93-47-45-91-43-41-89-39-37-87-35-33-85-31-29-83-27-25-81-23-21-79-19-17-77-15-13-75-11-9-71-66(73)98-59-6-4-2-1-3-5-7-59/h1-2,58-59H,3-57H2,(H,71,73). The van der Waals surface area contributed by atoms with E-state index in [-0.39, 0.29) is 38.1 Å². The van der Waals surface area contributed by atoms with Crippen molar-refractivity contribution < 1.29 is 150 Å². The number of amides is 1. The molecule has 1 atom stereocenters. The van der Waals surface area contributed by atoms with Crippen LogP contribution in [0.1, 0.15) is 38.5 Å². The third-order valence-corrected chi connectivity index (χ3v) is 12.8. The number of alkyl carbamates (subject to hydrolysis) is 1. The van der Waals surface area contributed by atoms with E-state index < -0.39 is 41.4 Å². The Bertz CT molecular complexity index is 1930. The summed E-state index contributed by atoms with van der Waals surface area (Å²) in [5, 5.41) is 2.74. The Hall–Kier alpha value is -3.54. The highest BCUT2D eigenvalue weighted by atomic mass is 19.2. The third-order valence-electron chi connectivity index (χ3n) is 12.8. The number of esters is 1. The number of hydrogen-bond acceptors (Lipinski definition) is 28. The van der Waals surface area contributed by atoms with Crippen molar-refractivity contribution in [1.82, 2.24) is 5.32 Å². The van der Waals surface area contributed by atoms with Gasteiger partial charge in [0, 0.05) is 12.6 Å². The molecule has 33 heteroatoms. The second-order valence-electron chi connectivity index (χ2n) is 20.7. The van der Waals surface area contributed by atoms with Crippen LogP contribution in [-0.2, 0) is 123 Å². The van der Waals surface area contributed by atoms with Crippen molar-refractivity contribution in [2.75, 3.05) is 324 Å². The second-order valence-corrected chi connectivity index (χ2v) is 20.7. The Kier molecular flexibility index (Phi) is 68.6. The predicted molar refractivity (Wildman–Crippen MR) is 347 cm³/mol. The number of benzene rings is 1. The van der Waals surface area contributed by atoms with E-state index in [1.165, 1.54) is 0 Å². The smallest absolute Gasteiger partial charge is 0.407 e. The number of carbonyl (C=O) groups excluding carboxylic acids is 2. The molecule has 0 fully saturated rings. The fourth-order valence-electron chi connectivity index (χ4n) is 7.78. The Morgan fingerprint density at radius 1 is 0.303 bits per heavy atom. The van der Waals surface area contributed by atoms with Gasteiger partial charge in [-0.25, -0.2) is 13.6 Å². The molecule has 580 valence electrons. The summed E-state index contributed by atoms with van der Waals surface area (Å²) in [6, 6.07) is 0.0161. The first kappa shape index (κ1) is 91.5. The van der Waals surface area contributed by atoms with Crippen LogP contribution in [0, 0.1) is 23.3 Å². The summed E-state index contributed by atoms with van der Waals surface area (Å²) in [6.07, 6.45) is 8.31. The first-order chi connectivity index (χ1) is 48.9. The summed E-state index contributed by atoms with van der Waals surface area (Å²) in [4.78, 5) is 23.7. The SMILES string of the molecule is O=C(CCOCCOCCOCCOCCOCCOCCOCCOCCOCCOCCOCCOCCOCCOCCOCCOCCOCCOCCOCCOCCOCCOCCOCCOCCNC(=O)OC1CCC=CCCC1)Oc1c(F)c(F)cc(F)c1F. The van der Waals surface area contributed by atoms with Crippen LogP contribution < -0.4 is 10.1 Å². The number of allylic oxidation sites excluding steroid dienone is 2. The first-order valence-corrected chi connectivity index (χ1v) is 34.4. The molecule has 2 rings (SSSR count). The van der Waals surface area contributed by atoms with Crippen LogP contribution in [-0.4, -0.2) is 342 Å². The van der Waals surface area contributed by atoms with Crippen LogP contribution in [0.5, 0.6) is 5.75 Å². The molecular weight excluding hydrogens is 1330 g/mol. The summed E-state index contributed by atoms with van der Waals surface area (Å²) >= 11 is 0. The largest absolute Gasteiger partial charge is 0.446 e. The molecule has 0 radical (unpaired) electrons. The second kappa shape index (κ2) is 74.2. The van der Waals surface area contributed by atoms with Gasteiger partial charge >= 0.3 is 12.1 Å². The molecule has 1 aromatic carbocycles. The number of nitrogens with one attached hydrogen (secondary N) is 1. The monoisotopic (exact) mass is 1450 g/mol. The minimum absolute atomic E-state index is 0.0161.